The number of hydrogen-bond donors (Lipinski definition) is 3. The number of carbonyl (C=O) groups excluding carboxylic acids is 1. The molecule has 1 aliphatic rings. The van der Waals surface area contributed by atoms with E-state index in [9.17, 15) is 54.6 Å². The number of fused-ring (bicyclic) bond motifs is 1. The normalized spacial score (nSPS) is 16.5. The minimum Gasteiger partial charge on any atom is -0.465 e. The summed E-state index contributed by atoms with van der Waals surface area (Å²) in [5, 5.41) is 21.3. The van der Waals surface area contributed by atoms with E-state index in [1.807, 2.05) is 0 Å². The van der Waals surface area contributed by atoms with Crippen molar-refractivity contribution >= 4 is 27.5 Å². The lowest BCUT2D eigenvalue weighted by atomic mass is 9.92. The number of halogens is 6. The number of carbonyl (C=O) groups is 2. The first-order valence-electron chi connectivity index (χ1n) is 10.9. The van der Waals surface area contributed by atoms with Crippen LogP contribution in [0.3, 0.4) is 0 Å². The first kappa shape index (κ1) is 29.2. The maximum atomic E-state index is 13.1. The summed E-state index contributed by atoms with van der Waals surface area (Å²) in [7, 11) is -3.69. The number of anilines is 1. The number of aliphatic hydroxyl groups is 1. The van der Waals surface area contributed by atoms with Gasteiger partial charge in [0.1, 0.15) is 6.04 Å². The Morgan fingerprint density at radius 1 is 1.03 bits per heavy atom. The van der Waals surface area contributed by atoms with Gasteiger partial charge in [0.15, 0.2) is 9.84 Å². The standard InChI is InChI=1S/C23H22F6N2O6S/c1-12(2)11-38(36,37)16-7-8-17-13(9-16)10-31(20(33)34)18(17)19(32)30-15-5-3-14(4-6-15)21(35,22(24,25)26)23(27,28)29/h3-9,12,18,35H,10-11H2,1-2H3,(H,30,32)(H,33,34). The SMILES string of the molecule is CC(C)CS(=O)(=O)c1ccc2c(c1)CN(C(=O)O)C2C(=O)Nc1ccc(C(O)(C(F)(F)F)C(F)(F)F)cc1. The smallest absolute Gasteiger partial charge is 0.430 e. The van der Waals surface area contributed by atoms with E-state index in [1.165, 1.54) is 18.2 Å². The Balaban J connectivity index is 1.91. The molecule has 0 spiro atoms. The van der Waals surface area contributed by atoms with Crippen molar-refractivity contribution in [3.05, 3.63) is 59.2 Å². The van der Waals surface area contributed by atoms with Crippen molar-refractivity contribution in [2.75, 3.05) is 11.1 Å². The summed E-state index contributed by atoms with van der Waals surface area (Å²) in [6, 6.07) is 4.35. The first-order chi connectivity index (χ1) is 17.3. The molecule has 8 nitrogen and oxygen atoms in total. The number of rotatable bonds is 6. The highest BCUT2D eigenvalue weighted by Gasteiger charge is 2.71. The summed E-state index contributed by atoms with van der Waals surface area (Å²) in [4.78, 5) is 25.4. The Bertz CT molecular complexity index is 1330. The first-order valence-corrected chi connectivity index (χ1v) is 12.6. The van der Waals surface area contributed by atoms with Gasteiger partial charge in [0.05, 0.1) is 17.2 Å². The lowest BCUT2D eigenvalue weighted by Gasteiger charge is -2.32. The van der Waals surface area contributed by atoms with Crippen molar-refractivity contribution in [2.24, 2.45) is 5.92 Å². The molecular formula is C23H22F6N2O6S. The molecule has 15 heteroatoms. The molecule has 1 heterocycles. The quantitative estimate of drug-likeness (QED) is 0.438. The number of sulfone groups is 1. The largest absolute Gasteiger partial charge is 0.465 e. The summed E-state index contributed by atoms with van der Waals surface area (Å²) in [6.45, 7) is 3.07. The molecule has 38 heavy (non-hydrogen) atoms. The Kier molecular flexibility index (Phi) is 7.51. The number of alkyl halides is 6. The van der Waals surface area contributed by atoms with Crippen LogP contribution in [0.25, 0.3) is 0 Å². The molecule has 0 fully saturated rings. The summed E-state index contributed by atoms with van der Waals surface area (Å²) < 4.78 is 104. The van der Waals surface area contributed by atoms with Crippen molar-refractivity contribution in [1.29, 1.82) is 0 Å². The molecule has 0 radical (unpaired) electrons. The predicted octanol–water partition coefficient (Wildman–Crippen LogP) is 4.60. The van der Waals surface area contributed by atoms with Gasteiger partial charge in [-0.25, -0.2) is 13.2 Å². The van der Waals surface area contributed by atoms with Crippen LogP contribution in [-0.4, -0.2) is 53.6 Å². The van der Waals surface area contributed by atoms with Gasteiger partial charge in [-0.1, -0.05) is 32.0 Å². The van der Waals surface area contributed by atoms with Gasteiger partial charge in [0.25, 0.3) is 11.5 Å². The molecular weight excluding hydrogens is 546 g/mol. The molecule has 2 aromatic rings. The molecule has 0 aromatic heterocycles. The molecule has 208 valence electrons. The molecule has 1 unspecified atom stereocenters. The van der Waals surface area contributed by atoms with Gasteiger partial charge < -0.3 is 15.5 Å². The van der Waals surface area contributed by atoms with Crippen molar-refractivity contribution in [3.63, 3.8) is 0 Å². The Hall–Kier alpha value is -3.33. The van der Waals surface area contributed by atoms with Gasteiger partial charge in [-0.05, 0) is 41.3 Å². The van der Waals surface area contributed by atoms with Gasteiger partial charge in [-0.2, -0.15) is 26.3 Å². The summed E-state index contributed by atoms with van der Waals surface area (Å²) >= 11 is 0. The van der Waals surface area contributed by atoms with Crippen LogP contribution in [0.4, 0.5) is 36.8 Å². The molecule has 2 amide bonds. The molecule has 0 bridgehead atoms. The van der Waals surface area contributed by atoms with Crippen LogP contribution in [0.5, 0.6) is 0 Å². The molecule has 0 saturated heterocycles. The zero-order chi connectivity index (χ0) is 28.8. The van der Waals surface area contributed by atoms with Crippen LogP contribution in [-0.2, 0) is 26.8 Å². The minimum atomic E-state index is -6.09. The second-order valence-electron chi connectivity index (χ2n) is 9.12. The van der Waals surface area contributed by atoms with Gasteiger partial charge >= 0.3 is 18.4 Å². The van der Waals surface area contributed by atoms with E-state index in [1.54, 1.807) is 13.8 Å². The van der Waals surface area contributed by atoms with Gasteiger partial charge in [-0.15, -0.1) is 0 Å². The van der Waals surface area contributed by atoms with Crippen LogP contribution in [0.2, 0.25) is 0 Å². The third-order valence-electron chi connectivity index (χ3n) is 5.86. The van der Waals surface area contributed by atoms with Crippen LogP contribution < -0.4 is 5.32 Å². The highest BCUT2D eigenvalue weighted by molar-refractivity contribution is 7.91. The lowest BCUT2D eigenvalue weighted by molar-refractivity contribution is -0.376. The van der Waals surface area contributed by atoms with Crippen molar-refractivity contribution < 1.29 is 54.6 Å². The predicted molar refractivity (Wildman–Crippen MR) is 121 cm³/mol. The molecule has 2 aromatic carbocycles. The minimum absolute atomic E-state index is 0.0613. The van der Waals surface area contributed by atoms with E-state index in [0.717, 1.165) is 0 Å². The average molecular weight is 568 g/mol. The van der Waals surface area contributed by atoms with E-state index in [-0.39, 0.29) is 39.9 Å². The zero-order valence-corrected chi connectivity index (χ0v) is 20.6. The number of carboxylic acid groups (broad SMARTS) is 1. The zero-order valence-electron chi connectivity index (χ0n) is 19.8. The second kappa shape index (κ2) is 9.76. The molecule has 0 aliphatic carbocycles. The third-order valence-corrected chi connectivity index (χ3v) is 7.94. The molecule has 1 aliphatic heterocycles. The molecule has 3 N–H and O–H groups in total. The number of nitrogens with one attached hydrogen (secondary N) is 1. The van der Waals surface area contributed by atoms with Crippen molar-refractivity contribution in [3.8, 4) is 0 Å². The van der Waals surface area contributed by atoms with E-state index >= 15 is 0 Å². The summed E-state index contributed by atoms with van der Waals surface area (Å²) in [6.07, 6.45) is -13.7. The van der Waals surface area contributed by atoms with E-state index in [0.29, 0.717) is 29.2 Å². The van der Waals surface area contributed by atoms with Crippen LogP contribution in [0, 0.1) is 5.92 Å². The summed E-state index contributed by atoms with van der Waals surface area (Å²) in [5.41, 5.74) is -6.56. The fourth-order valence-corrected chi connectivity index (χ4v) is 5.78. The van der Waals surface area contributed by atoms with Crippen LogP contribution in [0.15, 0.2) is 47.4 Å². The summed E-state index contributed by atoms with van der Waals surface area (Å²) in [5.74, 6) is -1.33. The molecule has 3 rings (SSSR count). The average Bonchev–Trinajstić information content (AvgIpc) is 3.16. The fourth-order valence-electron chi connectivity index (χ4n) is 4.11. The fraction of sp³-hybridized carbons (Fsp3) is 0.391. The van der Waals surface area contributed by atoms with Crippen LogP contribution >= 0.6 is 0 Å². The van der Waals surface area contributed by atoms with E-state index in [4.69, 9.17) is 0 Å². The molecule has 1 atom stereocenters. The maximum absolute atomic E-state index is 13.1. The van der Waals surface area contributed by atoms with Gasteiger partial charge in [0, 0.05) is 11.3 Å². The number of hydrogen-bond acceptors (Lipinski definition) is 5. The lowest BCUT2D eigenvalue weighted by Crippen LogP contribution is -2.53. The van der Waals surface area contributed by atoms with Crippen LogP contribution in [0.1, 0.15) is 36.6 Å². The second-order valence-corrected chi connectivity index (χ2v) is 11.2. The third kappa shape index (κ3) is 5.29. The van der Waals surface area contributed by atoms with Gasteiger partial charge in [0.2, 0.25) is 0 Å². The van der Waals surface area contributed by atoms with E-state index < -0.39 is 51.4 Å². The number of nitrogens with zero attached hydrogens (tertiary/aromatic N) is 1. The maximum Gasteiger partial charge on any atom is 0.430 e. The van der Waals surface area contributed by atoms with E-state index in [2.05, 4.69) is 5.32 Å². The molecule has 0 saturated carbocycles. The Morgan fingerprint density at radius 2 is 1.58 bits per heavy atom. The van der Waals surface area contributed by atoms with Crippen molar-refractivity contribution in [1.82, 2.24) is 4.90 Å². The van der Waals surface area contributed by atoms with Crippen molar-refractivity contribution in [2.45, 2.75) is 49.3 Å². The Morgan fingerprint density at radius 3 is 2.05 bits per heavy atom. The number of benzene rings is 2. The topological polar surface area (TPSA) is 124 Å². The van der Waals surface area contributed by atoms with Gasteiger partial charge in [-0.3, -0.25) is 9.69 Å². The monoisotopic (exact) mass is 568 g/mol. The highest BCUT2D eigenvalue weighted by atomic mass is 32.2. The highest BCUT2D eigenvalue weighted by Crippen LogP contribution is 2.50. The Labute approximate surface area is 212 Å². The number of amides is 2.